The summed E-state index contributed by atoms with van der Waals surface area (Å²) in [5.41, 5.74) is 2.28. The molecule has 0 radical (unpaired) electrons. The number of rotatable bonds is 6. The number of benzene rings is 2. The Morgan fingerprint density at radius 3 is 2.16 bits per heavy atom. The van der Waals surface area contributed by atoms with Gasteiger partial charge in [-0.3, -0.25) is 0 Å². The summed E-state index contributed by atoms with van der Waals surface area (Å²) >= 11 is 0. The summed E-state index contributed by atoms with van der Waals surface area (Å²) in [6.45, 7) is 2.72. The molecule has 100 valence electrons. The van der Waals surface area contributed by atoms with Gasteiger partial charge in [0.1, 0.15) is 0 Å². The summed E-state index contributed by atoms with van der Waals surface area (Å²) in [6, 6.07) is 20.5. The van der Waals surface area contributed by atoms with Crippen LogP contribution >= 0.6 is 0 Å². The Hall–Kier alpha value is -1.64. The molecule has 0 aliphatic carbocycles. The first kappa shape index (κ1) is 13.8. The second-order valence-electron chi connectivity index (χ2n) is 4.93. The van der Waals surface area contributed by atoms with E-state index in [1.807, 2.05) is 36.4 Å². The predicted octanol–water partition coefficient (Wildman–Crippen LogP) is 2.94. The van der Waals surface area contributed by atoms with Gasteiger partial charge >= 0.3 is 0 Å². The van der Waals surface area contributed by atoms with Crippen LogP contribution in [0.1, 0.15) is 24.2 Å². The Morgan fingerprint density at radius 1 is 0.947 bits per heavy atom. The molecule has 0 saturated carbocycles. The molecular formula is C17H21NO. The van der Waals surface area contributed by atoms with Crippen LogP contribution in [0.15, 0.2) is 60.7 Å². The maximum absolute atomic E-state index is 10.1. The molecule has 0 unspecified atom stereocenters. The average Bonchev–Trinajstić information content (AvgIpc) is 2.47. The van der Waals surface area contributed by atoms with Gasteiger partial charge in [-0.05, 0) is 24.5 Å². The number of aliphatic hydroxyl groups is 1. The van der Waals surface area contributed by atoms with Gasteiger partial charge < -0.3 is 10.4 Å². The van der Waals surface area contributed by atoms with Crippen molar-refractivity contribution in [1.29, 1.82) is 0 Å². The maximum Gasteiger partial charge on any atom is 0.0914 e. The molecule has 0 aliphatic rings. The average molecular weight is 255 g/mol. The second-order valence-corrected chi connectivity index (χ2v) is 4.93. The summed E-state index contributed by atoms with van der Waals surface area (Å²) in [5.74, 6) is 0. The molecule has 0 saturated heterocycles. The quantitative estimate of drug-likeness (QED) is 0.832. The van der Waals surface area contributed by atoms with Crippen LogP contribution in [0.3, 0.4) is 0 Å². The van der Waals surface area contributed by atoms with Crippen molar-refractivity contribution >= 4 is 0 Å². The van der Waals surface area contributed by atoms with E-state index in [0.29, 0.717) is 12.6 Å². The molecule has 0 spiro atoms. The summed E-state index contributed by atoms with van der Waals surface area (Å²) in [6.07, 6.45) is 0.530. The smallest absolute Gasteiger partial charge is 0.0914 e. The van der Waals surface area contributed by atoms with Crippen molar-refractivity contribution in [3.63, 3.8) is 0 Å². The van der Waals surface area contributed by atoms with Crippen LogP contribution in [-0.2, 0) is 6.42 Å². The standard InChI is InChI=1S/C17H21NO/c1-14(12-15-8-4-2-5-9-15)18-13-17(19)16-10-6-3-7-11-16/h2-11,14,17-19H,12-13H2,1H3/t14-,17+/m1/s1. The van der Waals surface area contributed by atoms with E-state index in [-0.39, 0.29) is 0 Å². The predicted molar refractivity (Wildman–Crippen MR) is 79.0 cm³/mol. The lowest BCUT2D eigenvalue weighted by molar-refractivity contribution is 0.170. The van der Waals surface area contributed by atoms with E-state index in [0.717, 1.165) is 12.0 Å². The molecule has 0 amide bonds. The highest BCUT2D eigenvalue weighted by Crippen LogP contribution is 2.11. The van der Waals surface area contributed by atoms with Crippen LogP contribution in [0.5, 0.6) is 0 Å². The van der Waals surface area contributed by atoms with Gasteiger partial charge in [0.15, 0.2) is 0 Å². The van der Waals surface area contributed by atoms with Gasteiger partial charge in [-0.2, -0.15) is 0 Å². The molecular weight excluding hydrogens is 234 g/mol. The SMILES string of the molecule is C[C@H](Cc1ccccc1)NC[C@H](O)c1ccccc1. The molecule has 2 nitrogen and oxygen atoms in total. The number of nitrogens with one attached hydrogen (secondary N) is 1. The monoisotopic (exact) mass is 255 g/mol. The summed E-state index contributed by atoms with van der Waals surface area (Å²) in [5, 5.41) is 13.5. The lowest BCUT2D eigenvalue weighted by Crippen LogP contribution is -2.32. The zero-order chi connectivity index (χ0) is 13.5. The largest absolute Gasteiger partial charge is 0.387 e. The van der Waals surface area contributed by atoms with E-state index in [4.69, 9.17) is 0 Å². The van der Waals surface area contributed by atoms with Crippen molar-refractivity contribution in [2.45, 2.75) is 25.5 Å². The van der Waals surface area contributed by atoms with Crippen LogP contribution in [0.25, 0.3) is 0 Å². The zero-order valence-corrected chi connectivity index (χ0v) is 11.3. The number of aliphatic hydroxyl groups excluding tert-OH is 1. The molecule has 2 rings (SSSR count). The van der Waals surface area contributed by atoms with Crippen molar-refractivity contribution < 1.29 is 5.11 Å². The number of hydrogen-bond donors (Lipinski definition) is 2. The molecule has 0 aliphatic heterocycles. The highest BCUT2D eigenvalue weighted by Gasteiger charge is 2.09. The Balaban J connectivity index is 1.79. The van der Waals surface area contributed by atoms with Crippen molar-refractivity contribution in [2.75, 3.05) is 6.54 Å². The van der Waals surface area contributed by atoms with E-state index in [9.17, 15) is 5.11 Å². The number of hydrogen-bond acceptors (Lipinski definition) is 2. The van der Waals surface area contributed by atoms with Crippen LogP contribution in [0.2, 0.25) is 0 Å². The fraction of sp³-hybridized carbons (Fsp3) is 0.294. The molecule has 2 heteroatoms. The fourth-order valence-corrected chi connectivity index (χ4v) is 2.15. The molecule has 0 aromatic heterocycles. The van der Waals surface area contributed by atoms with E-state index in [1.165, 1.54) is 5.56 Å². The van der Waals surface area contributed by atoms with Crippen molar-refractivity contribution in [2.24, 2.45) is 0 Å². The summed E-state index contributed by atoms with van der Waals surface area (Å²) in [7, 11) is 0. The topological polar surface area (TPSA) is 32.3 Å². The first-order chi connectivity index (χ1) is 9.25. The Morgan fingerprint density at radius 2 is 1.53 bits per heavy atom. The first-order valence-electron chi connectivity index (χ1n) is 6.76. The van der Waals surface area contributed by atoms with Crippen LogP contribution in [0.4, 0.5) is 0 Å². The van der Waals surface area contributed by atoms with Crippen molar-refractivity contribution in [1.82, 2.24) is 5.32 Å². The maximum atomic E-state index is 10.1. The molecule has 0 fully saturated rings. The van der Waals surface area contributed by atoms with E-state index >= 15 is 0 Å². The minimum Gasteiger partial charge on any atom is -0.387 e. The Bertz CT molecular complexity index is 469. The first-order valence-corrected chi connectivity index (χ1v) is 6.76. The third-order valence-corrected chi connectivity index (χ3v) is 3.23. The van der Waals surface area contributed by atoms with Gasteiger partial charge in [-0.1, -0.05) is 60.7 Å². The lowest BCUT2D eigenvalue weighted by atomic mass is 10.1. The normalized spacial score (nSPS) is 14.0. The van der Waals surface area contributed by atoms with E-state index in [1.54, 1.807) is 0 Å². The van der Waals surface area contributed by atoms with Gasteiger partial charge in [0.05, 0.1) is 6.10 Å². The van der Waals surface area contributed by atoms with Crippen LogP contribution < -0.4 is 5.32 Å². The minimum atomic E-state index is -0.445. The highest BCUT2D eigenvalue weighted by molar-refractivity contribution is 5.18. The highest BCUT2D eigenvalue weighted by atomic mass is 16.3. The van der Waals surface area contributed by atoms with Gasteiger partial charge in [-0.25, -0.2) is 0 Å². The molecule has 0 bridgehead atoms. The zero-order valence-electron chi connectivity index (χ0n) is 11.3. The van der Waals surface area contributed by atoms with Gasteiger partial charge in [0.2, 0.25) is 0 Å². The Kier molecular flexibility index (Phi) is 5.13. The Labute approximate surface area is 115 Å². The molecule has 2 aromatic rings. The van der Waals surface area contributed by atoms with Crippen molar-refractivity contribution in [3.05, 3.63) is 71.8 Å². The summed E-state index contributed by atoms with van der Waals surface area (Å²) in [4.78, 5) is 0. The molecule has 2 atom stereocenters. The third kappa shape index (κ3) is 4.51. The fourth-order valence-electron chi connectivity index (χ4n) is 2.15. The second kappa shape index (κ2) is 7.07. The molecule has 19 heavy (non-hydrogen) atoms. The van der Waals surface area contributed by atoms with Crippen molar-refractivity contribution in [3.8, 4) is 0 Å². The van der Waals surface area contributed by atoms with Gasteiger partial charge in [0, 0.05) is 12.6 Å². The lowest BCUT2D eigenvalue weighted by Gasteiger charge is -2.17. The van der Waals surface area contributed by atoms with E-state index < -0.39 is 6.10 Å². The van der Waals surface area contributed by atoms with Crippen LogP contribution in [0, 0.1) is 0 Å². The van der Waals surface area contributed by atoms with Gasteiger partial charge in [-0.15, -0.1) is 0 Å². The van der Waals surface area contributed by atoms with E-state index in [2.05, 4.69) is 36.5 Å². The molecule has 0 heterocycles. The van der Waals surface area contributed by atoms with Gasteiger partial charge in [0.25, 0.3) is 0 Å². The summed E-state index contributed by atoms with van der Waals surface area (Å²) < 4.78 is 0. The van der Waals surface area contributed by atoms with Crippen LogP contribution in [-0.4, -0.2) is 17.7 Å². The third-order valence-electron chi connectivity index (χ3n) is 3.23. The minimum absolute atomic E-state index is 0.348. The molecule has 2 N–H and O–H groups in total. The molecule has 2 aromatic carbocycles.